The van der Waals surface area contributed by atoms with Gasteiger partial charge in [-0.05, 0) is 6.92 Å². The van der Waals surface area contributed by atoms with Crippen LogP contribution in [0.3, 0.4) is 0 Å². The zero-order valence-corrected chi connectivity index (χ0v) is 5.76. The van der Waals surface area contributed by atoms with E-state index in [1.54, 1.807) is 0 Å². The maximum absolute atomic E-state index is 10.1. The second kappa shape index (κ2) is 2.95. The highest BCUT2D eigenvalue weighted by Crippen LogP contribution is 2.02. The van der Waals surface area contributed by atoms with Gasteiger partial charge in [0.15, 0.2) is 0 Å². The Morgan fingerprint density at radius 1 is 1.60 bits per heavy atom. The first-order valence-corrected chi connectivity index (χ1v) is 2.59. The van der Waals surface area contributed by atoms with Gasteiger partial charge in [-0.25, -0.2) is 0 Å². The van der Waals surface area contributed by atoms with E-state index in [0.717, 1.165) is 0 Å². The minimum absolute atomic E-state index is 0.183. The molecular formula is C5H9N2O3+. The number of nitrogens with zero attached hydrogens (tertiary/aromatic N) is 1. The van der Waals surface area contributed by atoms with E-state index in [9.17, 15) is 10.1 Å². The van der Waals surface area contributed by atoms with E-state index >= 15 is 0 Å². The van der Waals surface area contributed by atoms with Gasteiger partial charge in [0.25, 0.3) is 0 Å². The predicted molar refractivity (Wildman–Crippen MR) is 36.7 cm³/mol. The van der Waals surface area contributed by atoms with Crippen LogP contribution in [0, 0.1) is 15.5 Å². The summed E-state index contributed by atoms with van der Waals surface area (Å²) < 4.78 is 0. The Morgan fingerprint density at radius 2 is 2.00 bits per heavy atom. The van der Waals surface area contributed by atoms with Gasteiger partial charge >= 0.3 is 11.5 Å². The first kappa shape index (κ1) is 8.61. The Labute approximate surface area is 57.6 Å². The normalized spacial score (nSPS) is 12.2. The van der Waals surface area contributed by atoms with Gasteiger partial charge in [-0.2, -0.15) is 0 Å². The average Bonchev–Trinajstić information content (AvgIpc) is 1.59. The molecule has 0 saturated heterocycles. The largest absolute Gasteiger partial charge is 0.592 e. The van der Waals surface area contributed by atoms with Crippen LogP contribution >= 0.6 is 0 Å². The highest BCUT2D eigenvalue weighted by Gasteiger charge is 2.21. The molecular weight excluding hydrogens is 136 g/mol. The Bertz CT molecular complexity index is 187. The second-order valence-corrected chi connectivity index (χ2v) is 1.86. The highest BCUT2D eigenvalue weighted by atomic mass is 16.6. The molecule has 0 amide bonds. The van der Waals surface area contributed by atoms with E-state index in [1.807, 2.05) is 0 Å². The summed E-state index contributed by atoms with van der Waals surface area (Å²) in [6, 6.07) is 0. The minimum atomic E-state index is -0.718. The molecule has 0 heterocycles. The summed E-state index contributed by atoms with van der Waals surface area (Å²) in [7, 11) is 0. The van der Waals surface area contributed by atoms with Crippen molar-refractivity contribution < 1.29 is 10.0 Å². The van der Waals surface area contributed by atoms with Crippen LogP contribution in [-0.2, 0) is 0 Å². The Morgan fingerprint density at radius 3 is 2.00 bits per heavy atom. The van der Waals surface area contributed by atoms with Crippen molar-refractivity contribution in [1.29, 1.82) is 5.41 Å². The molecule has 0 spiro atoms. The quantitative estimate of drug-likeness (QED) is 0.198. The van der Waals surface area contributed by atoms with Crippen molar-refractivity contribution in [2.24, 2.45) is 0 Å². The lowest BCUT2D eigenvalue weighted by molar-refractivity contribution is -0.418. The Kier molecular flexibility index (Phi) is 2.54. The molecule has 0 fully saturated rings. The van der Waals surface area contributed by atoms with Gasteiger partial charge in [0, 0.05) is 0 Å². The summed E-state index contributed by atoms with van der Waals surface area (Å²) in [4.78, 5) is 9.35. The maximum atomic E-state index is 10.1. The Hall–Kier alpha value is -1.39. The van der Waals surface area contributed by atoms with Gasteiger partial charge in [-0.1, -0.05) is 0 Å². The third-order valence-electron chi connectivity index (χ3n) is 0.893. The molecule has 0 rings (SSSR count). The SMILES string of the molecule is CC(=N)/C(=C(/C)[OH2+])[N+](=O)[O-]. The van der Waals surface area contributed by atoms with E-state index in [0.29, 0.717) is 0 Å². The Balaban J connectivity index is 4.79. The molecule has 10 heavy (non-hydrogen) atoms. The molecule has 0 aromatic heterocycles. The van der Waals surface area contributed by atoms with Crippen molar-refractivity contribution in [3.8, 4) is 0 Å². The van der Waals surface area contributed by atoms with Crippen LogP contribution in [0.5, 0.6) is 0 Å². The van der Waals surface area contributed by atoms with Gasteiger partial charge in [-0.3, -0.25) is 15.5 Å². The van der Waals surface area contributed by atoms with Crippen LogP contribution in [0.2, 0.25) is 0 Å². The van der Waals surface area contributed by atoms with E-state index in [1.165, 1.54) is 13.8 Å². The summed E-state index contributed by atoms with van der Waals surface area (Å²) in [6.07, 6.45) is 0. The van der Waals surface area contributed by atoms with Crippen molar-refractivity contribution in [2.75, 3.05) is 0 Å². The molecule has 0 aliphatic rings. The predicted octanol–water partition coefficient (Wildman–Crippen LogP) is 0.259. The molecule has 0 radical (unpaired) electrons. The molecule has 3 N–H and O–H groups in total. The lowest BCUT2D eigenvalue weighted by Gasteiger charge is -1.91. The molecule has 0 aromatic rings. The van der Waals surface area contributed by atoms with Crippen LogP contribution in [0.4, 0.5) is 0 Å². The molecule has 0 aliphatic heterocycles. The van der Waals surface area contributed by atoms with Crippen molar-refractivity contribution in [1.82, 2.24) is 0 Å². The summed E-state index contributed by atoms with van der Waals surface area (Å²) in [5, 5.41) is 23.9. The third-order valence-corrected chi connectivity index (χ3v) is 0.893. The zero-order chi connectivity index (χ0) is 8.31. The van der Waals surface area contributed by atoms with Crippen molar-refractivity contribution in [2.45, 2.75) is 13.8 Å². The van der Waals surface area contributed by atoms with E-state index in [-0.39, 0.29) is 11.5 Å². The summed E-state index contributed by atoms with van der Waals surface area (Å²) in [5.74, 6) is -0.183. The lowest BCUT2D eigenvalue weighted by atomic mass is 10.3. The first-order chi connectivity index (χ1) is 4.46. The van der Waals surface area contributed by atoms with Crippen LogP contribution in [-0.4, -0.2) is 15.7 Å². The fraction of sp³-hybridized carbons (Fsp3) is 0.400. The van der Waals surface area contributed by atoms with Crippen LogP contribution < -0.4 is 0 Å². The van der Waals surface area contributed by atoms with Crippen molar-refractivity contribution in [3.63, 3.8) is 0 Å². The van der Waals surface area contributed by atoms with Gasteiger partial charge in [0.05, 0.1) is 11.8 Å². The fourth-order valence-corrected chi connectivity index (χ4v) is 0.555. The van der Waals surface area contributed by atoms with Crippen molar-refractivity contribution in [3.05, 3.63) is 21.6 Å². The third kappa shape index (κ3) is 1.85. The van der Waals surface area contributed by atoms with Gasteiger partial charge in [0.1, 0.15) is 5.71 Å². The first-order valence-electron chi connectivity index (χ1n) is 2.59. The molecule has 0 unspecified atom stereocenters. The number of allylic oxidation sites excluding steroid dienone is 2. The number of nitro groups is 1. The fourth-order valence-electron chi connectivity index (χ4n) is 0.555. The molecule has 0 saturated carbocycles. The second-order valence-electron chi connectivity index (χ2n) is 1.86. The molecule has 0 aromatic carbocycles. The van der Waals surface area contributed by atoms with Gasteiger partial charge in [-0.15, -0.1) is 0 Å². The van der Waals surface area contributed by atoms with Crippen LogP contribution in [0.25, 0.3) is 0 Å². The summed E-state index contributed by atoms with van der Waals surface area (Å²) in [5.41, 5.74) is -0.600. The highest BCUT2D eigenvalue weighted by molar-refractivity contribution is 5.93. The van der Waals surface area contributed by atoms with Gasteiger partial charge in [0.2, 0.25) is 0 Å². The van der Waals surface area contributed by atoms with E-state index < -0.39 is 10.6 Å². The van der Waals surface area contributed by atoms with Crippen LogP contribution in [0.1, 0.15) is 13.8 Å². The van der Waals surface area contributed by atoms with Gasteiger partial charge < -0.3 is 5.11 Å². The number of rotatable bonds is 2. The molecule has 0 atom stereocenters. The summed E-state index contributed by atoms with van der Waals surface area (Å²) in [6.45, 7) is 2.58. The summed E-state index contributed by atoms with van der Waals surface area (Å²) >= 11 is 0. The molecule has 0 bridgehead atoms. The zero-order valence-electron chi connectivity index (χ0n) is 5.76. The smallest absolute Gasteiger partial charge is 0.378 e. The average molecular weight is 145 g/mol. The monoisotopic (exact) mass is 145 g/mol. The topological polar surface area (TPSA) is 89.9 Å². The lowest BCUT2D eigenvalue weighted by Crippen LogP contribution is -2.09. The number of hydrogen-bond donors (Lipinski definition) is 1. The molecule has 5 heteroatoms. The number of hydrogen-bond acceptors (Lipinski definition) is 3. The van der Waals surface area contributed by atoms with Crippen LogP contribution in [0.15, 0.2) is 11.5 Å². The molecule has 5 nitrogen and oxygen atoms in total. The standard InChI is InChI=1S/C5H8N2O3/c1-3(6)5(4(2)8)7(9)10/h6,8H,1-2H3/p+1/b5-4+,6-3?. The molecule has 0 aliphatic carbocycles. The minimum Gasteiger partial charge on any atom is -0.592 e. The van der Waals surface area contributed by atoms with Crippen molar-refractivity contribution >= 4 is 5.71 Å². The number of nitrogens with one attached hydrogen (secondary N) is 1. The molecule has 56 valence electrons. The van der Waals surface area contributed by atoms with E-state index in [4.69, 9.17) is 10.5 Å². The maximum Gasteiger partial charge on any atom is 0.378 e. The van der Waals surface area contributed by atoms with E-state index in [2.05, 4.69) is 0 Å².